The summed E-state index contributed by atoms with van der Waals surface area (Å²) in [6, 6.07) is 0.231. The van der Waals surface area contributed by atoms with Crippen molar-refractivity contribution in [3.8, 4) is 10.6 Å². The van der Waals surface area contributed by atoms with E-state index in [-0.39, 0.29) is 11.9 Å². The highest BCUT2D eigenvalue weighted by molar-refractivity contribution is 7.13. The van der Waals surface area contributed by atoms with E-state index >= 15 is 0 Å². The normalized spacial score (nSPS) is 22.0. The maximum Gasteiger partial charge on any atom is 0.273 e. The zero-order valence-corrected chi connectivity index (χ0v) is 13.0. The van der Waals surface area contributed by atoms with Gasteiger partial charge in [-0.05, 0) is 25.8 Å². The van der Waals surface area contributed by atoms with Crippen LogP contribution < -0.4 is 5.73 Å². The number of carbonyl (C=O) groups excluding carboxylic acids is 1. The van der Waals surface area contributed by atoms with E-state index in [2.05, 4.69) is 17.0 Å². The van der Waals surface area contributed by atoms with Gasteiger partial charge in [0.2, 0.25) is 0 Å². The summed E-state index contributed by atoms with van der Waals surface area (Å²) >= 11 is 1.47. The zero-order chi connectivity index (χ0) is 15.0. The molecule has 6 nitrogen and oxygen atoms in total. The third-order valence-corrected chi connectivity index (χ3v) is 4.82. The van der Waals surface area contributed by atoms with Gasteiger partial charge in [-0.2, -0.15) is 5.10 Å². The van der Waals surface area contributed by atoms with Crippen LogP contribution in [-0.4, -0.2) is 44.7 Å². The Kier molecular flexibility index (Phi) is 3.77. The Balaban J connectivity index is 1.78. The number of likely N-dealkylation sites (tertiary alicyclic amines) is 1. The molecule has 3 heterocycles. The van der Waals surface area contributed by atoms with Gasteiger partial charge in [-0.1, -0.05) is 0 Å². The Bertz CT molecular complexity index is 649. The van der Waals surface area contributed by atoms with Gasteiger partial charge in [0, 0.05) is 36.8 Å². The number of rotatable bonds is 3. The van der Waals surface area contributed by atoms with Crippen molar-refractivity contribution >= 4 is 17.2 Å². The average molecular weight is 305 g/mol. The molecule has 0 bridgehead atoms. The first-order chi connectivity index (χ1) is 10.1. The van der Waals surface area contributed by atoms with Gasteiger partial charge in [0.15, 0.2) is 0 Å². The Morgan fingerprint density at radius 3 is 3.00 bits per heavy atom. The van der Waals surface area contributed by atoms with Crippen LogP contribution in [0.1, 0.15) is 23.8 Å². The molecular formula is C14H19N5OS. The van der Waals surface area contributed by atoms with Gasteiger partial charge in [0.25, 0.3) is 5.91 Å². The third kappa shape index (κ3) is 2.71. The number of aromatic nitrogens is 3. The highest BCUT2D eigenvalue weighted by atomic mass is 32.1. The van der Waals surface area contributed by atoms with Crippen LogP contribution in [0.25, 0.3) is 10.6 Å². The van der Waals surface area contributed by atoms with E-state index in [9.17, 15) is 4.79 Å². The van der Waals surface area contributed by atoms with Gasteiger partial charge < -0.3 is 10.6 Å². The maximum absolute atomic E-state index is 12.6. The van der Waals surface area contributed by atoms with E-state index in [4.69, 9.17) is 5.73 Å². The second-order valence-corrected chi connectivity index (χ2v) is 6.44. The number of hydrogen-bond acceptors (Lipinski definition) is 5. The molecule has 1 aliphatic heterocycles. The molecule has 1 amide bonds. The van der Waals surface area contributed by atoms with Gasteiger partial charge >= 0.3 is 0 Å². The highest BCUT2D eigenvalue weighted by Gasteiger charge is 2.33. The quantitative estimate of drug-likeness (QED) is 0.928. The lowest BCUT2D eigenvalue weighted by molar-refractivity contribution is 0.0738. The highest BCUT2D eigenvalue weighted by Crippen LogP contribution is 2.27. The van der Waals surface area contributed by atoms with Crippen LogP contribution in [0.5, 0.6) is 0 Å². The molecule has 7 heteroatoms. The van der Waals surface area contributed by atoms with E-state index in [1.165, 1.54) is 11.3 Å². The number of aryl methyl sites for hydroxylation is 1. The van der Waals surface area contributed by atoms with Crippen molar-refractivity contribution in [2.45, 2.75) is 19.4 Å². The summed E-state index contributed by atoms with van der Waals surface area (Å²) in [5.74, 6) is 0.408. The topological polar surface area (TPSA) is 77.0 Å². The molecule has 1 aliphatic rings. The monoisotopic (exact) mass is 305 g/mol. The Labute approximate surface area is 127 Å². The molecule has 0 radical (unpaired) electrons. The van der Waals surface area contributed by atoms with Gasteiger partial charge in [0.05, 0.1) is 6.20 Å². The van der Waals surface area contributed by atoms with Crippen LogP contribution in [0.3, 0.4) is 0 Å². The van der Waals surface area contributed by atoms with Crippen molar-refractivity contribution in [3.05, 3.63) is 23.5 Å². The summed E-state index contributed by atoms with van der Waals surface area (Å²) in [7, 11) is 1.86. The van der Waals surface area contributed by atoms with Crippen LogP contribution >= 0.6 is 11.3 Å². The van der Waals surface area contributed by atoms with E-state index in [0.717, 1.165) is 23.5 Å². The summed E-state index contributed by atoms with van der Waals surface area (Å²) in [5.41, 5.74) is 7.18. The first-order valence-corrected chi connectivity index (χ1v) is 7.92. The fourth-order valence-electron chi connectivity index (χ4n) is 2.78. The van der Waals surface area contributed by atoms with E-state index in [1.54, 1.807) is 10.9 Å². The minimum absolute atomic E-state index is 0.00448. The first kappa shape index (κ1) is 14.2. The van der Waals surface area contributed by atoms with Gasteiger partial charge in [-0.25, -0.2) is 4.98 Å². The lowest BCUT2D eigenvalue weighted by Gasteiger charge is -2.20. The van der Waals surface area contributed by atoms with E-state index < -0.39 is 0 Å². The minimum Gasteiger partial charge on any atom is -0.334 e. The lowest BCUT2D eigenvalue weighted by atomic mass is 10.1. The fourth-order valence-corrected chi connectivity index (χ4v) is 3.55. The summed E-state index contributed by atoms with van der Waals surface area (Å²) in [4.78, 5) is 18.9. The molecule has 2 N–H and O–H groups in total. The number of hydrogen-bond donors (Lipinski definition) is 1. The van der Waals surface area contributed by atoms with Gasteiger partial charge in [0.1, 0.15) is 10.7 Å². The molecule has 2 aromatic heterocycles. The standard InChI is InChI=1S/C14H19N5OS/c1-9-3-10(4-15)6-19(9)14(20)12-8-21-13(17-12)11-5-16-18(2)7-11/h5,7-10H,3-4,6,15H2,1-2H3. The molecule has 0 saturated carbocycles. The molecule has 0 aliphatic carbocycles. The molecule has 21 heavy (non-hydrogen) atoms. The molecule has 0 aromatic carbocycles. The van der Waals surface area contributed by atoms with Crippen LogP contribution in [0.15, 0.2) is 17.8 Å². The molecule has 1 fully saturated rings. The fraction of sp³-hybridized carbons (Fsp3) is 0.500. The van der Waals surface area contributed by atoms with Gasteiger partial charge in [-0.3, -0.25) is 9.48 Å². The maximum atomic E-state index is 12.6. The van der Waals surface area contributed by atoms with Crippen molar-refractivity contribution in [1.29, 1.82) is 0 Å². The van der Waals surface area contributed by atoms with Crippen LogP contribution in [0, 0.1) is 5.92 Å². The predicted octanol–water partition coefficient (Wildman–Crippen LogP) is 1.35. The van der Waals surface area contributed by atoms with Crippen LogP contribution in [0.2, 0.25) is 0 Å². The second-order valence-electron chi connectivity index (χ2n) is 5.58. The molecule has 2 unspecified atom stereocenters. The number of thiazole rings is 1. The molecular weight excluding hydrogens is 286 g/mol. The number of amides is 1. The summed E-state index contributed by atoms with van der Waals surface area (Å²) in [5, 5.41) is 6.79. The number of carbonyl (C=O) groups is 1. The zero-order valence-electron chi connectivity index (χ0n) is 12.2. The average Bonchev–Trinajstić information content (AvgIpc) is 3.16. The Hall–Kier alpha value is -1.73. The summed E-state index contributed by atoms with van der Waals surface area (Å²) in [6.45, 7) is 3.43. The molecule has 0 spiro atoms. The second kappa shape index (κ2) is 5.57. The predicted molar refractivity (Wildman–Crippen MR) is 82.0 cm³/mol. The lowest BCUT2D eigenvalue weighted by Crippen LogP contribution is -2.34. The summed E-state index contributed by atoms with van der Waals surface area (Å²) < 4.78 is 1.73. The van der Waals surface area contributed by atoms with Crippen LogP contribution in [-0.2, 0) is 7.05 Å². The molecule has 1 saturated heterocycles. The molecule has 112 valence electrons. The van der Waals surface area contributed by atoms with Crippen molar-refractivity contribution in [1.82, 2.24) is 19.7 Å². The number of nitrogens with zero attached hydrogens (tertiary/aromatic N) is 4. The van der Waals surface area contributed by atoms with Gasteiger partial charge in [-0.15, -0.1) is 11.3 Å². The minimum atomic E-state index is 0.00448. The van der Waals surface area contributed by atoms with E-state index in [1.807, 2.05) is 23.5 Å². The molecule has 2 atom stereocenters. The third-order valence-electron chi connectivity index (χ3n) is 3.93. The SMILES string of the molecule is CC1CC(CN)CN1C(=O)c1csc(-c2cnn(C)c2)n1. The van der Waals surface area contributed by atoms with E-state index in [0.29, 0.717) is 18.2 Å². The Morgan fingerprint density at radius 2 is 2.38 bits per heavy atom. The Morgan fingerprint density at radius 1 is 1.57 bits per heavy atom. The summed E-state index contributed by atoms with van der Waals surface area (Å²) in [6.07, 6.45) is 4.63. The molecule has 2 aromatic rings. The molecule has 3 rings (SSSR count). The number of nitrogens with two attached hydrogens (primary N) is 1. The van der Waals surface area contributed by atoms with Crippen molar-refractivity contribution in [2.24, 2.45) is 18.7 Å². The van der Waals surface area contributed by atoms with Crippen LogP contribution in [0.4, 0.5) is 0 Å². The smallest absolute Gasteiger partial charge is 0.273 e. The first-order valence-electron chi connectivity index (χ1n) is 7.04. The largest absolute Gasteiger partial charge is 0.334 e. The van der Waals surface area contributed by atoms with Crippen molar-refractivity contribution in [2.75, 3.05) is 13.1 Å². The van der Waals surface area contributed by atoms with Crippen molar-refractivity contribution < 1.29 is 4.79 Å². The van der Waals surface area contributed by atoms with Crippen molar-refractivity contribution in [3.63, 3.8) is 0 Å².